The molecule has 4 heteroatoms. The molecule has 4 nitrogen and oxygen atoms in total. The Kier molecular flexibility index (Phi) is 2.55. The number of esters is 1. The third-order valence-corrected chi connectivity index (χ3v) is 3.85. The molecule has 0 aliphatic carbocycles. The molecule has 2 saturated heterocycles. The first-order chi connectivity index (χ1) is 7.29. The quantitative estimate of drug-likeness (QED) is 0.643. The van der Waals surface area contributed by atoms with Gasteiger partial charge in [-0.3, -0.25) is 0 Å². The van der Waals surface area contributed by atoms with Crippen LogP contribution in [0.3, 0.4) is 0 Å². The minimum atomic E-state index is -0.693. The Labute approximate surface area is 96.2 Å². The summed E-state index contributed by atoms with van der Waals surface area (Å²) in [6.07, 6.45) is 0.0261. The summed E-state index contributed by atoms with van der Waals surface area (Å²) in [4.78, 5) is 11.9. The van der Waals surface area contributed by atoms with Gasteiger partial charge in [-0.25, -0.2) is 4.79 Å². The smallest absolute Gasteiger partial charge is 0.338 e. The standard InChI is InChI=1S/C12H20O4/c1-6-12(5)7(2)8-9(10(13)16-12)15-11(3,4)14-8/h7-9H,6H2,1-5H3/t7-,8-,9-,12+/m1/s1. The molecule has 0 amide bonds. The molecule has 92 valence electrons. The molecule has 2 rings (SSSR count). The Hall–Kier alpha value is -0.610. The zero-order valence-corrected chi connectivity index (χ0v) is 10.6. The Morgan fingerprint density at radius 3 is 2.44 bits per heavy atom. The molecule has 0 aromatic heterocycles. The van der Waals surface area contributed by atoms with E-state index in [0.29, 0.717) is 0 Å². The summed E-state index contributed by atoms with van der Waals surface area (Å²) in [5.41, 5.74) is -0.442. The van der Waals surface area contributed by atoms with Crippen LogP contribution in [0, 0.1) is 5.92 Å². The van der Waals surface area contributed by atoms with Crippen LogP contribution in [0.25, 0.3) is 0 Å². The van der Waals surface area contributed by atoms with Gasteiger partial charge in [0.05, 0.1) is 0 Å². The normalized spacial score (nSPS) is 46.3. The number of hydrogen-bond donors (Lipinski definition) is 0. The first kappa shape index (κ1) is 11.9. The zero-order chi connectivity index (χ0) is 12.1. The van der Waals surface area contributed by atoms with E-state index >= 15 is 0 Å². The van der Waals surface area contributed by atoms with Crippen molar-refractivity contribution in [3.63, 3.8) is 0 Å². The third kappa shape index (κ3) is 1.64. The summed E-state index contributed by atoms with van der Waals surface area (Å²) in [7, 11) is 0. The largest absolute Gasteiger partial charge is 0.457 e. The van der Waals surface area contributed by atoms with Crippen LogP contribution in [0.5, 0.6) is 0 Å². The summed E-state index contributed by atoms with van der Waals surface area (Å²) in [6, 6.07) is 0. The summed E-state index contributed by atoms with van der Waals surface area (Å²) in [5, 5.41) is 0. The van der Waals surface area contributed by atoms with Crippen LogP contribution in [-0.2, 0) is 19.0 Å². The first-order valence-electron chi connectivity index (χ1n) is 5.87. The maximum atomic E-state index is 11.9. The fraction of sp³-hybridized carbons (Fsp3) is 0.917. The van der Waals surface area contributed by atoms with Gasteiger partial charge in [-0.1, -0.05) is 13.8 Å². The zero-order valence-electron chi connectivity index (χ0n) is 10.6. The molecule has 2 fully saturated rings. The minimum Gasteiger partial charge on any atom is -0.457 e. The summed E-state index contributed by atoms with van der Waals surface area (Å²) in [5.74, 6) is -0.846. The molecule has 4 atom stereocenters. The molecule has 0 spiro atoms. The van der Waals surface area contributed by atoms with Gasteiger partial charge in [0.25, 0.3) is 0 Å². The van der Waals surface area contributed by atoms with Crippen LogP contribution < -0.4 is 0 Å². The van der Waals surface area contributed by atoms with E-state index in [-0.39, 0.29) is 18.0 Å². The van der Waals surface area contributed by atoms with Gasteiger partial charge in [0, 0.05) is 5.92 Å². The molecule has 0 saturated carbocycles. The van der Waals surface area contributed by atoms with Gasteiger partial charge in [-0.2, -0.15) is 0 Å². The van der Waals surface area contributed by atoms with Crippen molar-refractivity contribution in [3.8, 4) is 0 Å². The van der Waals surface area contributed by atoms with Gasteiger partial charge in [-0.15, -0.1) is 0 Å². The van der Waals surface area contributed by atoms with Crippen molar-refractivity contribution in [2.24, 2.45) is 5.92 Å². The Balaban J connectivity index is 2.28. The van der Waals surface area contributed by atoms with Gasteiger partial charge in [-0.05, 0) is 27.2 Å². The van der Waals surface area contributed by atoms with E-state index in [9.17, 15) is 4.79 Å². The van der Waals surface area contributed by atoms with Crippen molar-refractivity contribution >= 4 is 5.97 Å². The predicted molar refractivity (Wildman–Crippen MR) is 57.8 cm³/mol. The van der Waals surface area contributed by atoms with E-state index in [4.69, 9.17) is 14.2 Å². The molecule has 0 aromatic rings. The highest BCUT2D eigenvalue weighted by molar-refractivity contribution is 5.77. The summed E-state index contributed by atoms with van der Waals surface area (Å²) < 4.78 is 16.9. The van der Waals surface area contributed by atoms with Crippen molar-refractivity contribution < 1.29 is 19.0 Å². The lowest BCUT2D eigenvalue weighted by molar-refractivity contribution is -0.194. The van der Waals surface area contributed by atoms with E-state index in [2.05, 4.69) is 6.92 Å². The number of carbonyl (C=O) groups is 1. The number of hydrogen-bond acceptors (Lipinski definition) is 4. The fourth-order valence-corrected chi connectivity index (χ4v) is 2.46. The van der Waals surface area contributed by atoms with Crippen LogP contribution >= 0.6 is 0 Å². The van der Waals surface area contributed by atoms with Crippen LogP contribution in [0.4, 0.5) is 0 Å². The second-order valence-electron chi connectivity index (χ2n) is 5.40. The summed E-state index contributed by atoms with van der Waals surface area (Å²) >= 11 is 0. The van der Waals surface area contributed by atoms with Gasteiger partial charge in [0.2, 0.25) is 0 Å². The SMILES string of the molecule is CC[C@]1(C)OC(=O)[C@@H]2OC(C)(C)O[C@@H]2[C@H]1C. The predicted octanol–water partition coefficient (Wildman–Crippen LogP) is 1.87. The van der Waals surface area contributed by atoms with Gasteiger partial charge in [0.1, 0.15) is 11.7 Å². The molecule has 2 aliphatic rings. The second-order valence-corrected chi connectivity index (χ2v) is 5.40. The lowest BCUT2D eigenvalue weighted by Crippen LogP contribution is -2.55. The Morgan fingerprint density at radius 2 is 1.88 bits per heavy atom. The highest BCUT2D eigenvalue weighted by Gasteiger charge is 2.57. The van der Waals surface area contributed by atoms with Crippen LogP contribution in [0.2, 0.25) is 0 Å². The van der Waals surface area contributed by atoms with E-state index in [1.165, 1.54) is 0 Å². The van der Waals surface area contributed by atoms with Crippen molar-refractivity contribution in [1.82, 2.24) is 0 Å². The molecule has 2 aliphatic heterocycles. The van der Waals surface area contributed by atoms with Crippen LogP contribution in [0.1, 0.15) is 41.0 Å². The lowest BCUT2D eigenvalue weighted by Gasteiger charge is -2.42. The average molecular weight is 228 g/mol. The monoisotopic (exact) mass is 228 g/mol. The number of carbonyl (C=O) groups excluding carboxylic acids is 1. The number of rotatable bonds is 1. The van der Waals surface area contributed by atoms with E-state index < -0.39 is 17.5 Å². The van der Waals surface area contributed by atoms with Crippen molar-refractivity contribution in [3.05, 3.63) is 0 Å². The third-order valence-electron chi connectivity index (χ3n) is 3.85. The van der Waals surface area contributed by atoms with Crippen LogP contribution in [-0.4, -0.2) is 29.6 Å². The van der Waals surface area contributed by atoms with Crippen molar-refractivity contribution in [2.75, 3.05) is 0 Å². The van der Waals surface area contributed by atoms with Crippen molar-refractivity contribution in [1.29, 1.82) is 0 Å². The highest BCUT2D eigenvalue weighted by atomic mass is 16.8. The highest BCUT2D eigenvalue weighted by Crippen LogP contribution is 2.43. The topological polar surface area (TPSA) is 44.8 Å². The fourth-order valence-electron chi connectivity index (χ4n) is 2.46. The molecule has 0 N–H and O–H groups in total. The molecule has 0 radical (unpaired) electrons. The lowest BCUT2D eigenvalue weighted by atomic mass is 9.80. The molecule has 0 aromatic carbocycles. The first-order valence-corrected chi connectivity index (χ1v) is 5.87. The minimum absolute atomic E-state index is 0.141. The molecule has 0 bridgehead atoms. The number of fused-ring (bicyclic) bond motifs is 1. The molecule has 16 heavy (non-hydrogen) atoms. The maximum Gasteiger partial charge on any atom is 0.338 e. The second kappa shape index (κ2) is 3.44. The van der Waals surface area contributed by atoms with E-state index in [1.807, 2.05) is 27.7 Å². The van der Waals surface area contributed by atoms with Crippen molar-refractivity contribution in [2.45, 2.75) is 64.6 Å². The van der Waals surface area contributed by atoms with Gasteiger partial charge >= 0.3 is 5.97 Å². The Morgan fingerprint density at radius 1 is 1.25 bits per heavy atom. The number of cyclic esters (lactones) is 1. The molecule has 2 heterocycles. The maximum absolute atomic E-state index is 11.9. The van der Waals surface area contributed by atoms with E-state index in [1.54, 1.807) is 0 Å². The average Bonchev–Trinajstić information content (AvgIpc) is 2.52. The molecular formula is C12H20O4. The van der Waals surface area contributed by atoms with Crippen LogP contribution in [0.15, 0.2) is 0 Å². The van der Waals surface area contributed by atoms with Gasteiger partial charge in [0.15, 0.2) is 11.9 Å². The van der Waals surface area contributed by atoms with Gasteiger partial charge < -0.3 is 14.2 Å². The number of ether oxygens (including phenoxy) is 3. The molecule has 0 unspecified atom stereocenters. The molecular weight excluding hydrogens is 208 g/mol. The van der Waals surface area contributed by atoms with E-state index in [0.717, 1.165) is 6.42 Å². The summed E-state index contributed by atoms with van der Waals surface area (Å²) in [6.45, 7) is 9.69. The Bertz CT molecular complexity index is 312.